The van der Waals surface area contributed by atoms with Crippen molar-refractivity contribution in [2.24, 2.45) is 5.92 Å². The summed E-state index contributed by atoms with van der Waals surface area (Å²) < 4.78 is 6.18. The van der Waals surface area contributed by atoms with E-state index < -0.39 is 10.7 Å². The largest absolute Gasteiger partial charge is 0.420 e. The van der Waals surface area contributed by atoms with Gasteiger partial charge in [0.05, 0.1) is 10.4 Å². The zero-order valence-electron chi connectivity index (χ0n) is 13.4. The summed E-state index contributed by atoms with van der Waals surface area (Å²) in [6.07, 6.45) is 4.25. The van der Waals surface area contributed by atoms with Gasteiger partial charge in [-0.15, -0.1) is 0 Å². The van der Waals surface area contributed by atoms with Crippen LogP contribution in [0.2, 0.25) is 0 Å². The maximum atomic E-state index is 12.3. The highest BCUT2D eigenvalue weighted by Crippen LogP contribution is 2.24. The topological polar surface area (TPSA) is 107 Å². The second kappa shape index (κ2) is 6.46. The summed E-state index contributed by atoms with van der Waals surface area (Å²) in [6.45, 7) is 1.89. The summed E-state index contributed by atoms with van der Waals surface area (Å²) in [5.41, 5.74) is 0.323. The van der Waals surface area contributed by atoms with Crippen molar-refractivity contribution >= 4 is 22.7 Å². The van der Waals surface area contributed by atoms with Crippen LogP contribution in [0, 0.1) is 16.0 Å². The first kappa shape index (κ1) is 16.2. The van der Waals surface area contributed by atoms with E-state index in [-0.39, 0.29) is 35.3 Å². The van der Waals surface area contributed by atoms with Gasteiger partial charge in [-0.05, 0) is 24.8 Å². The number of benzene rings is 1. The number of carbonyl (C=O) groups excluding carboxylic acids is 1. The van der Waals surface area contributed by atoms with Gasteiger partial charge >= 0.3 is 5.76 Å². The van der Waals surface area contributed by atoms with Crippen LogP contribution in [0.25, 0.3) is 11.1 Å². The van der Waals surface area contributed by atoms with E-state index in [9.17, 15) is 19.7 Å². The van der Waals surface area contributed by atoms with Crippen molar-refractivity contribution in [3.8, 4) is 0 Å². The van der Waals surface area contributed by atoms with Gasteiger partial charge in [0.15, 0.2) is 5.58 Å². The number of hydrogen-bond donors (Lipinski definition) is 1. The normalized spacial score (nSPS) is 20.9. The number of nitro groups is 1. The van der Waals surface area contributed by atoms with Gasteiger partial charge < -0.3 is 9.73 Å². The van der Waals surface area contributed by atoms with Crippen molar-refractivity contribution in [3.05, 3.63) is 38.9 Å². The van der Waals surface area contributed by atoms with Gasteiger partial charge in [-0.3, -0.25) is 19.5 Å². The Kier molecular flexibility index (Phi) is 4.37. The number of nitro benzene ring substituents is 1. The molecule has 1 N–H and O–H groups in total. The van der Waals surface area contributed by atoms with E-state index in [1.165, 1.54) is 24.6 Å². The van der Waals surface area contributed by atoms with Crippen LogP contribution in [-0.4, -0.2) is 21.4 Å². The molecule has 1 amide bonds. The van der Waals surface area contributed by atoms with Gasteiger partial charge in [0.1, 0.15) is 6.54 Å². The number of nitrogens with one attached hydrogen (secondary N) is 1. The maximum Gasteiger partial charge on any atom is 0.420 e. The minimum atomic E-state index is -0.697. The van der Waals surface area contributed by atoms with Crippen molar-refractivity contribution in [1.82, 2.24) is 9.88 Å². The zero-order valence-corrected chi connectivity index (χ0v) is 13.4. The van der Waals surface area contributed by atoms with Crippen molar-refractivity contribution in [2.45, 2.75) is 45.2 Å². The molecule has 3 rings (SSSR count). The monoisotopic (exact) mass is 333 g/mol. The third-order valence-corrected chi connectivity index (χ3v) is 4.62. The lowest BCUT2D eigenvalue weighted by atomic mass is 9.86. The van der Waals surface area contributed by atoms with E-state index in [4.69, 9.17) is 4.42 Å². The van der Waals surface area contributed by atoms with Crippen LogP contribution in [0.1, 0.15) is 32.6 Å². The number of oxazole rings is 1. The number of hydrogen-bond acceptors (Lipinski definition) is 5. The maximum absolute atomic E-state index is 12.3. The predicted octanol–water partition coefficient (Wildman–Crippen LogP) is 2.20. The molecule has 1 aliphatic rings. The average Bonchev–Trinajstić information content (AvgIpc) is 2.85. The van der Waals surface area contributed by atoms with E-state index in [0.29, 0.717) is 5.92 Å². The quantitative estimate of drug-likeness (QED) is 0.681. The van der Waals surface area contributed by atoms with Gasteiger partial charge in [0.25, 0.3) is 5.69 Å². The first-order valence-corrected chi connectivity index (χ1v) is 8.03. The number of carbonyl (C=O) groups is 1. The molecule has 0 spiro atoms. The standard InChI is InChI=1S/C16H19N3O5/c1-10-4-2-3-5-12(10)17-15(20)9-18-13-8-11(19(22)23)6-7-14(13)24-16(18)21/h6-8,10,12H,2-5,9H2,1H3,(H,17,20). The molecule has 1 aromatic carbocycles. The van der Waals surface area contributed by atoms with E-state index in [0.717, 1.165) is 23.8 Å². The van der Waals surface area contributed by atoms with Crippen LogP contribution in [0.4, 0.5) is 5.69 Å². The highest BCUT2D eigenvalue weighted by molar-refractivity contribution is 5.80. The molecule has 2 unspecified atom stereocenters. The molecule has 8 nitrogen and oxygen atoms in total. The molecule has 24 heavy (non-hydrogen) atoms. The summed E-state index contributed by atoms with van der Waals surface area (Å²) in [5, 5.41) is 13.9. The third-order valence-electron chi connectivity index (χ3n) is 4.62. The predicted molar refractivity (Wildman–Crippen MR) is 86.7 cm³/mol. The van der Waals surface area contributed by atoms with Crippen LogP contribution >= 0.6 is 0 Å². The Morgan fingerprint density at radius 1 is 1.42 bits per heavy atom. The van der Waals surface area contributed by atoms with E-state index >= 15 is 0 Å². The Morgan fingerprint density at radius 3 is 2.88 bits per heavy atom. The van der Waals surface area contributed by atoms with Crippen LogP contribution in [-0.2, 0) is 11.3 Å². The number of nitrogens with zero attached hydrogens (tertiary/aromatic N) is 2. The van der Waals surface area contributed by atoms with Crippen LogP contribution in [0.5, 0.6) is 0 Å². The Labute approximate surface area is 137 Å². The van der Waals surface area contributed by atoms with Gasteiger partial charge in [0, 0.05) is 18.2 Å². The fourth-order valence-corrected chi connectivity index (χ4v) is 3.24. The molecule has 0 radical (unpaired) electrons. The number of aromatic nitrogens is 1. The zero-order chi connectivity index (χ0) is 17.3. The van der Waals surface area contributed by atoms with E-state index in [1.54, 1.807) is 0 Å². The smallest absolute Gasteiger partial charge is 0.408 e. The summed E-state index contributed by atoms with van der Waals surface area (Å²) in [7, 11) is 0. The Morgan fingerprint density at radius 2 is 2.17 bits per heavy atom. The Bertz CT molecular complexity index is 838. The molecule has 0 saturated heterocycles. The average molecular weight is 333 g/mol. The number of rotatable bonds is 4. The first-order valence-electron chi connectivity index (χ1n) is 8.03. The summed E-state index contributed by atoms with van der Waals surface area (Å²) >= 11 is 0. The summed E-state index contributed by atoms with van der Waals surface area (Å²) in [6, 6.07) is 3.98. The van der Waals surface area contributed by atoms with Crippen molar-refractivity contribution < 1.29 is 14.1 Å². The molecule has 0 bridgehead atoms. The van der Waals surface area contributed by atoms with Gasteiger partial charge in [-0.25, -0.2) is 4.79 Å². The molecule has 1 heterocycles. The fourth-order valence-electron chi connectivity index (χ4n) is 3.24. The Balaban J connectivity index is 1.82. The molecule has 2 aromatic rings. The lowest BCUT2D eigenvalue weighted by Crippen LogP contribution is -2.43. The summed E-state index contributed by atoms with van der Waals surface area (Å²) in [4.78, 5) is 34.6. The van der Waals surface area contributed by atoms with E-state index in [1.807, 2.05) is 0 Å². The SMILES string of the molecule is CC1CCCCC1NC(=O)Cn1c(=O)oc2ccc([N+](=O)[O-])cc21. The minimum Gasteiger partial charge on any atom is -0.408 e. The van der Waals surface area contributed by atoms with Gasteiger partial charge in [-0.2, -0.15) is 0 Å². The number of amides is 1. The van der Waals surface area contributed by atoms with Crippen LogP contribution < -0.4 is 11.1 Å². The number of non-ortho nitro benzene ring substituents is 1. The van der Waals surface area contributed by atoms with Crippen molar-refractivity contribution in [1.29, 1.82) is 0 Å². The lowest BCUT2D eigenvalue weighted by molar-refractivity contribution is -0.384. The molecule has 2 atom stereocenters. The lowest BCUT2D eigenvalue weighted by Gasteiger charge is -2.29. The second-order valence-electron chi connectivity index (χ2n) is 6.30. The highest BCUT2D eigenvalue weighted by Gasteiger charge is 2.24. The van der Waals surface area contributed by atoms with Crippen LogP contribution in [0.3, 0.4) is 0 Å². The van der Waals surface area contributed by atoms with Crippen molar-refractivity contribution in [2.75, 3.05) is 0 Å². The molecule has 1 saturated carbocycles. The van der Waals surface area contributed by atoms with Crippen LogP contribution in [0.15, 0.2) is 27.4 Å². The van der Waals surface area contributed by atoms with E-state index in [2.05, 4.69) is 12.2 Å². The molecule has 1 aromatic heterocycles. The minimum absolute atomic E-state index is 0.106. The second-order valence-corrected chi connectivity index (χ2v) is 6.30. The molecule has 0 aliphatic heterocycles. The summed E-state index contributed by atoms with van der Waals surface area (Å²) in [5.74, 6) is -0.580. The molecule has 1 fully saturated rings. The molecular formula is C16H19N3O5. The molecule has 8 heteroatoms. The Hall–Kier alpha value is -2.64. The third kappa shape index (κ3) is 3.17. The first-order chi connectivity index (χ1) is 11.5. The van der Waals surface area contributed by atoms with Gasteiger partial charge in [0.2, 0.25) is 5.91 Å². The molecule has 1 aliphatic carbocycles. The molecular weight excluding hydrogens is 314 g/mol. The number of fused-ring (bicyclic) bond motifs is 1. The van der Waals surface area contributed by atoms with Gasteiger partial charge in [-0.1, -0.05) is 19.8 Å². The van der Waals surface area contributed by atoms with Crippen molar-refractivity contribution in [3.63, 3.8) is 0 Å². The highest BCUT2D eigenvalue weighted by atomic mass is 16.6. The molecule has 128 valence electrons. The fraction of sp³-hybridized carbons (Fsp3) is 0.500.